The van der Waals surface area contributed by atoms with E-state index in [0.29, 0.717) is 0 Å². The SMILES string of the molecule is CC(=O)c1cnc2n1CCN(C(/C=C/CN(C)C1CC1)=C1CCC1)C2. The number of carbonyl (C=O) groups excluding carboxylic acids is 1. The molecule has 1 aromatic heterocycles. The maximum Gasteiger partial charge on any atom is 0.177 e. The predicted octanol–water partition coefficient (Wildman–Crippen LogP) is 2.99. The molecule has 3 aliphatic rings. The van der Waals surface area contributed by atoms with Gasteiger partial charge < -0.3 is 9.47 Å². The molecule has 5 nitrogen and oxygen atoms in total. The summed E-state index contributed by atoms with van der Waals surface area (Å²) in [6.07, 6.45) is 12.9. The van der Waals surface area contributed by atoms with Crippen molar-refractivity contribution >= 4 is 5.78 Å². The number of allylic oxidation sites excluding steroid dienone is 2. The minimum Gasteiger partial charge on any atom is -0.362 e. The van der Waals surface area contributed by atoms with Crippen molar-refractivity contribution < 1.29 is 4.79 Å². The number of Topliss-reactive ketones (excluding diaryl/α,β-unsaturated/α-hetero) is 1. The summed E-state index contributed by atoms with van der Waals surface area (Å²) in [5.41, 5.74) is 3.72. The van der Waals surface area contributed by atoms with Crippen molar-refractivity contribution in [1.29, 1.82) is 0 Å². The van der Waals surface area contributed by atoms with Gasteiger partial charge in [0.2, 0.25) is 0 Å². The van der Waals surface area contributed by atoms with Gasteiger partial charge in [-0.15, -0.1) is 0 Å². The third-order valence-corrected chi connectivity index (χ3v) is 5.72. The molecule has 0 atom stereocenters. The molecule has 1 aliphatic heterocycles. The minimum atomic E-state index is 0.104. The maximum atomic E-state index is 11.7. The zero-order valence-corrected chi connectivity index (χ0v) is 15.4. The molecule has 5 heteroatoms. The van der Waals surface area contributed by atoms with Crippen LogP contribution in [0.2, 0.25) is 0 Å². The standard InChI is InChI=1S/C20H28N4O/c1-15(25)19-13-21-20-14-23(11-12-24(19)20)18(16-5-3-6-16)7-4-10-22(2)17-8-9-17/h4,7,13,17H,3,5-6,8-12,14H2,1-2H3/b7-4+. The van der Waals surface area contributed by atoms with Gasteiger partial charge in [-0.25, -0.2) is 4.98 Å². The van der Waals surface area contributed by atoms with E-state index in [2.05, 4.69) is 38.6 Å². The molecule has 0 N–H and O–H groups in total. The Labute approximate surface area is 150 Å². The Morgan fingerprint density at radius 3 is 2.80 bits per heavy atom. The fraction of sp³-hybridized carbons (Fsp3) is 0.600. The van der Waals surface area contributed by atoms with Crippen molar-refractivity contribution in [1.82, 2.24) is 19.4 Å². The first-order valence-corrected chi connectivity index (χ1v) is 9.52. The van der Waals surface area contributed by atoms with Crippen molar-refractivity contribution in [2.75, 3.05) is 20.1 Å². The van der Waals surface area contributed by atoms with Crippen LogP contribution in [0.5, 0.6) is 0 Å². The lowest BCUT2D eigenvalue weighted by Gasteiger charge is -2.34. The number of hydrogen-bond donors (Lipinski definition) is 0. The molecular formula is C20H28N4O. The number of nitrogens with zero attached hydrogens (tertiary/aromatic N) is 4. The van der Waals surface area contributed by atoms with Crippen LogP contribution in [0.15, 0.2) is 29.6 Å². The molecule has 0 amide bonds. The Hall–Kier alpha value is -1.88. The average molecular weight is 340 g/mol. The highest BCUT2D eigenvalue weighted by atomic mass is 16.1. The second-order valence-electron chi connectivity index (χ2n) is 7.60. The number of ketones is 1. The molecule has 0 unspecified atom stereocenters. The number of rotatable bonds is 6. The fourth-order valence-corrected chi connectivity index (χ4v) is 3.80. The molecule has 0 radical (unpaired) electrons. The molecule has 134 valence electrons. The minimum absolute atomic E-state index is 0.104. The Kier molecular flexibility index (Phi) is 4.50. The lowest BCUT2D eigenvalue weighted by Crippen LogP contribution is -2.35. The van der Waals surface area contributed by atoms with Crippen molar-refractivity contribution in [3.05, 3.63) is 41.1 Å². The second kappa shape index (κ2) is 6.79. The van der Waals surface area contributed by atoms with Crippen LogP contribution < -0.4 is 0 Å². The van der Waals surface area contributed by atoms with Crippen LogP contribution in [0.3, 0.4) is 0 Å². The molecule has 0 saturated heterocycles. The average Bonchev–Trinajstić information content (AvgIpc) is 3.30. The third kappa shape index (κ3) is 3.43. The molecule has 0 aromatic carbocycles. The van der Waals surface area contributed by atoms with Gasteiger partial charge in [-0.05, 0) is 50.8 Å². The molecule has 4 rings (SSSR count). The van der Waals surface area contributed by atoms with Crippen molar-refractivity contribution in [3.63, 3.8) is 0 Å². The molecule has 2 fully saturated rings. The van der Waals surface area contributed by atoms with Crippen LogP contribution in [0.4, 0.5) is 0 Å². The van der Waals surface area contributed by atoms with Crippen molar-refractivity contribution in [2.24, 2.45) is 0 Å². The van der Waals surface area contributed by atoms with E-state index in [1.807, 2.05) is 0 Å². The normalized spacial score (nSPS) is 20.1. The topological polar surface area (TPSA) is 41.4 Å². The largest absolute Gasteiger partial charge is 0.362 e. The summed E-state index contributed by atoms with van der Waals surface area (Å²) in [6.45, 7) is 5.24. The van der Waals surface area contributed by atoms with Crippen LogP contribution >= 0.6 is 0 Å². The first-order chi connectivity index (χ1) is 12.1. The summed E-state index contributed by atoms with van der Waals surface area (Å²) < 4.78 is 2.09. The summed E-state index contributed by atoms with van der Waals surface area (Å²) in [5, 5.41) is 0. The van der Waals surface area contributed by atoms with E-state index in [1.165, 1.54) is 37.8 Å². The van der Waals surface area contributed by atoms with Gasteiger partial charge >= 0.3 is 0 Å². The summed E-state index contributed by atoms with van der Waals surface area (Å²) in [4.78, 5) is 21.1. The number of likely N-dealkylation sites (N-methyl/N-ethyl adjacent to an activating group) is 1. The van der Waals surface area contributed by atoms with Gasteiger partial charge in [-0.2, -0.15) is 0 Å². The Morgan fingerprint density at radius 1 is 1.36 bits per heavy atom. The maximum absolute atomic E-state index is 11.7. The van der Waals surface area contributed by atoms with E-state index in [4.69, 9.17) is 0 Å². The van der Waals surface area contributed by atoms with Gasteiger partial charge in [0.05, 0.1) is 12.7 Å². The van der Waals surface area contributed by atoms with Gasteiger partial charge in [-0.3, -0.25) is 9.69 Å². The Balaban J connectivity index is 1.49. The smallest absolute Gasteiger partial charge is 0.177 e. The van der Waals surface area contributed by atoms with Crippen LogP contribution in [0.25, 0.3) is 0 Å². The van der Waals surface area contributed by atoms with E-state index in [-0.39, 0.29) is 5.78 Å². The first kappa shape index (κ1) is 16.6. The van der Waals surface area contributed by atoms with Gasteiger partial charge in [0.25, 0.3) is 0 Å². The third-order valence-electron chi connectivity index (χ3n) is 5.72. The van der Waals surface area contributed by atoms with E-state index in [9.17, 15) is 4.79 Å². The van der Waals surface area contributed by atoms with Crippen LogP contribution in [0, 0.1) is 0 Å². The number of imidazole rings is 1. The van der Waals surface area contributed by atoms with Gasteiger partial charge in [0.15, 0.2) is 5.78 Å². The molecule has 0 spiro atoms. The molecule has 2 aliphatic carbocycles. The van der Waals surface area contributed by atoms with E-state index in [0.717, 1.165) is 43.7 Å². The van der Waals surface area contributed by atoms with Gasteiger partial charge in [0, 0.05) is 38.3 Å². The van der Waals surface area contributed by atoms with Crippen molar-refractivity contribution in [3.8, 4) is 0 Å². The Morgan fingerprint density at radius 2 is 2.16 bits per heavy atom. The van der Waals surface area contributed by atoms with Crippen LogP contribution in [0.1, 0.15) is 55.3 Å². The molecular weight excluding hydrogens is 312 g/mol. The molecule has 2 saturated carbocycles. The lowest BCUT2D eigenvalue weighted by molar-refractivity contribution is 0.100. The summed E-state index contributed by atoms with van der Waals surface area (Å²) in [7, 11) is 2.22. The quantitative estimate of drug-likeness (QED) is 0.747. The van der Waals surface area contributed by atoms with Crippen LogP contribution in [-0.2, 0) is 13.1 Å². The highest BCUT2D eigenvalue weighted by molar-refractivity contribution is 5.92. The predicted molar refractivity (Wildman–Crippen MR) is 98.3 cm³/mol. The summed E-state index contributed by atoms with van der Waals surface area (Å²) in [5.74, 6) is 1.12. The number of carbonyl (C=O) groups is 1. The van der Waals surface area contributed by atoms with Gasteiger partial charge in [0.1, 0.15) is 11.5 Å². The zero-order chi connectivity index (χ0) is 17.4. The fourth-order valence-electron chi connectivity index (χ4n) is 3.80. The highest BCUT2D eigenvalue weighted by Crippen LogP contribution is 2.32. The molecule has 25 heavy (non-hydrogen) atoms. The summed E-state index contributed by atoms with van der Waals surface area (Å²) in [6, 6.07) is 0.803. The van der Waals surface area contributed by atoms with E-state index >= 15 is 0 Å². The summed E-state index contributed by atoms with van der Waals surface area (Å²) >= 11 is 0. The van der Waals surface area contributed by atoms with Crippen molar-refractivity contribution in [2.45, 2.75) is 58.2 Å². The Bertz CT molecular complexity index is 720. The monoisotopic (exact) mass is 340 g/mol. The molecule has 0 bridgehead atoms. The lowest BCUT2D eigenvalue weighted by atomic mass is 9.89. The van der Waals surface area contributed by atoms with Crippen LogP contribution in [-0.4, -0.2) is 51.3 Å². The highest BCUT2D eigenvalue weighted by Gasteiger charge is 2.26. The number of aromatic nitrogens is 2. The number of fused-ring (bicyclic) bond motifs is 1. The van der Waals surface area contributed by atoms with E-state index in [1.54, 1.807) is 18.7 Å². The molecule has 1 aromatic rings. The zero-order valence-electron chi connectivity index (χ0n) is 15.4. The van der Waals surface area contributed by atoms with E-state index < -0.39 is 0 Å². The first-order valence-electron chi connectivity index (χ1n) is 9.52. The van der Waals surface area contributed by atoms with Gasteiger partial charge in [-0.1, -0.05) is 6.08 Å². The molecule has 2 heterocycles. The number of hydrogen-bond acceptors (Lipinski definition) is 4. The second-order valence-corrected chi connectivity index (χ2v) is 7.60.